The Kier molecular flexibility index (Phi) is 5.01. The first-order valence-electron chi connectivity index (χ1n) is 9.60. The Morgan fingerprint density at radius 3 is 2.97 bits per heavy atom. The van der Waals surface area contributed by atoms with Gasteiger partial charge in [-0.15, -0.1) is 22.7 Å². The highest BCUT2D eigenvalue weighted by molar-refractivity contribution is 8.00. The fourth-order valence-corrected chi connectivity index (χ4v) is 6.95. The lowest BCUT2D eigenvalue weighted by atomic mass is 10.2. The summed E-state index contributed by atoms with van der Waals surface area (Å²) in [7, 11) is 0. The van der Waals surface area contributed by atoms with E-state index in [0.29, 0.717) is 5.75 Å². The first-order chi connectivity index (χ1) is 14.1. The summed E-state index contributed by atoms with van der Waals surface area (Å²) in [5.41, 5.74) is 2.24. The van der Waals surface area contributed by atoms with Crippen molar-refractivity contribution in [2.45, 2.75) is 37.8 Å². The molecular formula is C21H20N4OS3. The molecule has 148 valence electrons. The molecule has 4 aromatic rings. The molecule has 1 unspecified atom stereocenters. The largest absolute Gasteiger partial charge is 0.332 e. The van der Waals surface area contributed by atoms with Crippen molar-refractivity contribution in [3.8, 4) is 0 Å². The lowest BCUT2D eigenvalue weighted by molar-refractivity contribution is -0.129. The molecule has 1 atom stereocenters. The van der Waals surface area contributed by atoms with Crippen molar-refractivity contribution in [1.82, 2.24) is 19.9 Å². The normalized spacial score (nSPS) is 16.9. The number of carbonyl (C=O) groups excluding carboxylic acids is 1. The van der Waals surface area contributed by atoms with Crippen molar-refractivity contribution in [3.05, 3.63) is 46.0 Å². The van der Waals surface area contributed by atoms with Crippen LogP contribution in [-0.4, -0.2) is 38.1 Å². The van der Waals surface area contributed by atoms with Crippen LogP contribution in [-0.2, 0) is 4.79 Å². The number of rotatable bonds is 4. The summed E-state index contributed by atoms with van der Waals surface area (Å²) >= 11 is 4.91. The summed E-state index contributed by atoms with van der Waals surface area (Å²) in [5.74, 6) is 0.551. The van der Waals surface area contributed by atoms with E-state index in [9.17, 15) is 4.79 Å². The molecule has 5 rings (SSSR count). The molecule has 0 spiro atoms. The third-order valence-electron chi connectivity index (χ3n) is 5.43. The number of thiophene rings is 1. The van der Waals surface area contributed by atoms with Crippen LogP contribution in [0.4, 0.5) is 0 Å². The van der Waals surface area contributed by atoms with Gasteiger partial charge in [-0.25, -0.2) is 15.0 Å². The van der Waals surface area contributed by atoms with Crippen LogP contribution in [0.3, 0.4) is 0 Å². The van der Waals surface area contributed by atoms with Crippen molar-refractivity contribution >= 4 is 60.8 Å². The fraction of sp³-hybridized carbons (Fsp3) is 0.333. The van der Waals surface area contributed by atoms with E-state index in [0.717, 1.165) is 45.2 Å². The van der Waals surface area contributed by atoms with Crippen molar-refractivity contribution in [2.75, 3.05) is 12.3 Å². The van der Waals surface area contributed by atoms with Crippen molar-refractivity contribution < 1.29 is 4.79 Å². The number of aryl methyl sites for hydroxylation is 2. The highest BCUT2D eigenvalue weighted by atomic mass is 32.2. The maximum Gasteiger partial charge on any atom is 0.233 e. The smallest absolute Gasteiger partial charge is 0.233 e. The van der Waals surface area contributed by atoms with Gasteiger partial charge in [0.1, 0.15) is 21.2 Å². The molecule has 1 aliphatic heterocycles. The van der Waals surface area contributed by atoms with Gasteiger partial charge >= 0.3 is 0 Å². The zero-order valence-corrected chi connectivity index (χ0v) is 18.7. The van der Waals surface area contributed by atoms with E-state index in [4.69, 9.17) is 4.98 Å². The minimum absolute atomic E-state index is 0.0936. The van der Waals surface area contributed by atoms with Gasteiger partial charge in [0.15, 0.2) is 0 Å². The Hall–Kier alpha value is -2.03. The Balaban J connectivity index is 1.35. The predicted octanol–water partition coefficient (Wildman–Crippen LogP) is 5.37. The summed E-state index contributed by atoms with van der Waals surface area (Å²) in [4.78, 5) is 31.0. The number of hydrogen-bond acceptors (Lipinski definition) is 7. The molecule has 0 radical (unpaired) electrons. The molecule has 1 amide bonds. The van der Waals surface area contributed by atoms with Crippen LogP contribution in [0.25, 0.3) is 20.4 Å². The first-order valence-corrected chi connectivity index (χ1v) is 12.2. The molecule has 4 heterocycles. The summed E-state index contributed by atoms with van der Waals surface area (Å²) in [6.07, 6.45) is 3.61. The van der Waals surface area contributed by atoms with Crippen LogP contribution in [0.2, 0.25) is 0 Å². The SMILES string of the molecule is Cc1sc2ncnc(SCC(=O)N3CCCC3c3nc4ccccc4s3)c2c1C. The van der Waals surface area contributed by atoms with Gasteiger partial charge in [0, 0.05) is 16.8 Å². The second-order valence-corrected chi connectivity index (χ2v) is 10.4. The second kappa shape index (κ2) is 7.66. The Morgan fingerprint density at radius 1 is 1.24 bits per heavy atom. The standard InChI is InChI=1S/C21H20N4OS3/c1-12-13(2)28-21-18(12)20(22-11-23-21)27-10-17(26)25-9-5-7-15(25)19-24-14-6-3-4-8-16(14)29-19/h3-4,6,8,11,15H,5,7,9-10H2,1-2H3. The number of fused-ring (bicyclic) bond motifs is 2. The molecule has 0 N–H and O–H groups in total. The maximum absolute atomic E-state index is 13.1. The summed E-state index contributed by atoms with van der Waals surface area (Å²) < 4.78 is 1.18. The Morgan fingerprint density at radius 2 is 2.10 bits per heavy atom. The monoisotopic (exact) mass is 440 g/mol. The van der Waals surface area contributed by atoms with Gasteiger partial charge < -0.3 is 4.90 Å². The molecule has 0 saturated carbocycles. The van der Waals surface area contributed by atoms with E-state index in [-0.39, 0.29) is 11.9 Å². The number of nitrogens with zero attached hydrogens (tertiary/aromatic N) is 4. The van der Waals surface area contributed by atoms with Gasteiger partial charge in [-0.2, -0.15) is 0 Å². The fourth-order valence-electron chi connectivity index (χ4n) is 3.83. The van der Waals surface area contributed by atoms with Gasteiger partial charge in [-0.05, 0) is 44.4 Å². The first kappa shape index (κ1) is 19.0. The molecular weight excluding hydrogens is 420 g/mol. The van der Waals surface area contributed by atoms with Crippen LogP contribution in [0.5, 0.6) is 0 Å². The van der Waals surface area contributed by atoms with E-state index in [1.807, 2.05) is 23.1 Å². The molecule has 5 nitrogen and oxygen atoms in total. The van der Waals surface area contributed by atoms with E-state index < -0.39 is 0 Å². The summed E-state index contributed by atoms with van der Waals surface area (Å²) in [6.45, 7) is 5.01. The lowest BCUT2D eigenvalue weighted by Crippen LogP contribution is -2.31. The van der Waals surface area contributed by atoms with Gasteiger partial charge in [0.05, 0.1) is 22.0 Å². The van der Waals surface area contributed by atoms with Crippen LogP contribution in [0, 0.1) is 13.8 Å². The topological polar surface area (TPSA) is 59.0 Å². The number of amides is 1. The van der Waals surface area contributed by atoms with E-state index in [2.05, 4.69) is 29.9 Å². The van der Waals surface area contributed by atoms with Crippen LogP contribution in [0.15, 0.2) is 35.6 Å². The zero-order chi connectivity index (χ0) is 20.0. The van der Waals surface area contributed by atoms with Crippen molar-refractivity contribution in [3.63, 3.8) is 0 Å². The number of hydrogen-bond donors (Lipinski definition) is 0. The van der Waals surface area contributed by atoms with E-state index in [1.165, 1.54) is 26.9 Å². The van der Waals surface area contributed by atoms with Crippen LogP contribution in [0.1, 0.15) is 34.3 Å². The molecule has 8 heteroatoms. The number of likely N-dealkylation sites (tertiary alicyclic amines) is 1. The number of carbonyl (C=O) groups is 1. The Bertz CT molecular complexity index is 1180. The number of para-hydroxylation sites is 1. The average Bonchev–Trinajstić information content (AvgIpc) is 3.43. The van der Waals surface area contributed by atoms with Crippen LogP contribution >= 0.6 is 34.4 Å². The molecule has 29 heavy (non-hydrogen) atoms. The summed E-state index contributed by atoms with van der Waals surface area (Å²) in [5, 5.41) is 3.05. The third-order valence-corrected chi connectivity index (χ3v) is 8.66. The maximum atomic E-state index is 13.1. The van der Waals surface area contributed by atoms with E-state index in [1.54, 1.807) is 29.0 Å². The third kappa shape index (κ3) is 3.43. The summed E-state index contributed by atoms with van der Waals surface area (Å²) in [6, 6.07) is 8.28. The minimum Gasteiger partial charge on any atom is -0.332 e. The van der Waals surface area contributed by atoms with Crippen LogP contribution < -0.4 is 0 Å². The second-order valence-electron chi connectivity index (χ2n) is 7.20. The molecule has 0 aliphatic carbocycles. The molecule has 1 aliphatic rings. The number of aromatic nitrogens is 3. The van der Waals surface area contributed by atoms with Gasteiger partial charge in [0.25, 0.3) is 0 Å². The van der Waals surface area contributed by atoms with Crippen molar-refractivity contribution in [2.24, 2.45) is 0 Å². The number of benzene rings is 1. The van der Waals surface area contributed by atoms with Gasteiger partial charge in [-0.1, -0.05) is 23.9 Å². The quantitative estimate of drug-likeness (QED) is 0.315. The minimum atomic E-state index is 0.0936. The van der Waals surface area contributed by atoms with Gasteiger partial charge in [0.2, 0.25) is 5.91 Å². The van der Waals surface area contributed by atoms with Crippen molar-refractivity contribution in [1.29, 1.82) is 0 Å². The highest BCUT2D eigenvalue weighted by Gasteiger charge is 2.32. The predicted molar refractivity (Wildman–Crippen MR) is 121 cm³/mol. The molecule has 1 fully saturated rings. The highest BCUT2D eigenvalue weighted by Crippen LogP contribution is 2.38. The lowest BCUT2D eigenvalue weighted by Gasteiger charge is -2.23. The van der Waals surface area contributed by atoms with Gasteiger partial charge in [-0.3, -0.25) is 4.79 Å². The molecule has 1 saturated heterocycles. The average molecular weight is 441 g/mol. The molecule has 0 bridgehead atoms. The molecule has 3 aromatic heterocycles. The Labute approximate surface area is 181 Å². The number of thiazole rings is 1. The van der Waals surface area contributed by atoms with E-state index >= 15 is 0 Å². The molecule has 1 aromatic carbocycles. The zero-order valence-electron chi connectivity index (χ0n) is 16.2. The number of thioether (sulfide) groups is 1.